The SMILES string of the molecule is NCCc1ccnc(CSc2ccccc2F)n1. The van der Waals surface area contributed by atoms with Gasteiger partial charge >= 0.3 is 0 Å². The zero-order valence-corrected chi connectivity index (χ0v) is 10.7. The van der Waals surface area contributed by atoms with Gasteiger partial charge in [0.25, 0.3) is 0 Å². The maximum Gasteiger partial charge on any atom is 0.138 e. The summed E-state index contributed by atoms with van der Waals surface area (Å²) in [4.78, 5) is 9.16. The zero-order valence-electron chi connectivity index (χ0n) is 9.84. The van der Waals surface area contributed by atoms with Crippen molar-refractivity contribution in [2.45, 2.75) is 17.1 Å². The Bertz CT molecular complexity index is 519. The summed E-state index contributed by atoms with van der Waals surface area (Å²) in [6, 6.07) is 8.55. The Labute approximate surface area is 110 Å². The predicted molar refractivity (Wildman–Crippen MR) is 70.8 cm³/mol. The Morgan fingerprint density at radius 2 is 2.06 bits per heavy atom. The molecule has 2 N–H and O–H groups in total. The Morgan fingerprint density at radius 3 is 2.83 bits per heavy atom. The van der Waals surface area contributed by atoms with E-state index in [4.69, 9.17) is 5.73 Å². The number of rotatable bonds is 5. The van der Waals surface area contributed by atoms with E-state index in [-0.39, 0.29) is 5.82 Å². The van der Waals surface area contributed by atoms with Crippen LogP contribution < -0.4 is 5.73 Å². The second-order valence-electron chi connectivity index (χ2n) is 3.72. The number of thioether (sulfide) groups is 1. The average molecular weight is 263 g/mol. The van der Waals surface area contributed by atoms with E-state index in [1.54, 1.807) is 18.3 Å². The first-order valence-electron chi connectivity index (χ1n) is 5.68. The van der Waals surface area contributed by atoms with Crippen molar-refractivity contribution in [2.24, 2.45) is 5.73 Å². The highest BCUT2D eigenvalue weighted by atomic mass is 32.2. The molecule has 3 nitrogen and oxygen atoms in total. The van der Waals surface area contributed by atoms with Crippen molar-refractivity contribution in [1.82, 2.24) is 9.97 Å². The quantitative estimate of drug-likeness (QED) is 0.842. The molecule has 0 spiro atoms. The van der Waals surface area contributed by atoms with Gasteiger partial charge in [-0.25, -0.2) is 14.4 Å². The van der Waals surface area contributed by atoms with Crippen LogP contribution >= 0.6 is 11.8 Å². The summed E-state index contributed by atoms with van der Waals surface area (Å²) in [5.41, 5.74) is 6.41. The van der Waals surface area contributed by atoms with Gasteiger partial charge in [0.15, 0.2) is 0 Å². The minimum absolute atomic E-state index is 0.208. The molecule has 5 heteroatoms. The van der Waals surface area contributed by atoms with Gasteiger partial charge < -0.3 is 5.73 Å². The van der Waals surface area contributed by atoms with Gasteiger partial charge in [-0.3, -0.25) is 0 Å². The zero-order chi connectivity index (χ0) is 12.8. The summed E-state index contributed by atoms with van der Waals surface area (Å²) in [5.74, 6) is 1.05. The van der Waals surface area contributed by atoms with E-state index in [2.05, 4.69) is 9.97 Å². The van der Waals surface area contributed by atoms with Crippen molar-refractivity contribution < 1.29 is 4.39 Å². The van der Waals surface area contributed by atoms with E-state index >= 15 is 0 Å². The molecule has 94 valence electrons. The van der Waals surface area contributed by atoms with E-state index in [9.17, 15) is 4.39 Å². The Balaban J connectivity index is 2.02. The van der Waals surface area contributed by atoms with Crippen molar-refractivity contribution in [3.8, 4) is 0 Å². The van der Waals surface area contributed by atoms with Crippen LogP contribution in [-0.4, -0.2) is 16.5 Å². The van der Waals surface area contributed by atoms with Gasteiger partial charge in [-0.2, -0.15) is 0 Å². The maximum atomic E-state index is 13.4. The van der Waals surface area contributed by atoms with Gasteiger partial charge in [0, 0.05) is 23.2 Å². The molecule has 0 bridgehead atoms. The van der Waals surface area contributed by atoms with Crippen LogP contribution in [0.2, 0.25) is 0 Å². The van der Waals surface area contributed by atoms with Crippen molar-refractivity contribution in [2.75, 3.05) is 6.54 Å². The van der Waals surface area contributed by atoms with E-state index in [1.165, 1.54) is 17.8 Å². The van der Waals surface area contributed by atoms with Crippen LogP contribution in [0.3, 0.4) is 0 Å². The minimum Gasteiger partial charge on any atom is -0.330 e. The normalized spacial score (nSPS) is 10.6. The van der Waals surface area contributed by atoms with Gasteiger partial charge in [-0.05, 0) is 24.7 Å². The van der Waals surface area contributed by atoms with Gasteiger partial charge in [0.1, 0.15) is 11.6 Å². The van der Waals surface area contributed by atoms with E-state index in [0.717, 1.165) is 12.1 Å². The number of hydrogen-bond donors (Lipinski definition) is 1. The van der Waals surface area contributed by atoms with Crippen LogP contribution in [0.15, 0.2) is 41.4 Å². The number of nitrogens with zero attached hydrogens (tertiary/aromatic N) is 2. The smallest absolute Gasteiger partial charge is 0.138 e. The third-order valence-electron chi connectivity index (χ3n) is 2.36. The molecule has 0 atom stereocenters. The lowest BCUT2D eigenvalue weighted by Crippen LogP contribution is -2.06. The molecule has 0 aliphatic rings. The van der Waals surface area contributed by atoms with E-state index in [0.29, 0.717) is 23.0 Å². The van der Waals surface area contributed by atoms with Crippen LogP contribution in [0, 0.1) is 5.82 Å². The molecular weight excluding hydrogens is 249 g/mol. The Morgan fingerprint density at radius 1 is 1.22 bits per heavy atom. The fraction of sp³-hybridized carbons (Fsp3) is 0.231. The summed E-state index contributed by atoms with van der Waals surface area (Å²) in [6.07, 6.45) is 2.45. The largest absolute Gasteiger partial charge is 0.330 e. The molecule has 0 fully saturated rings. The first kappa shape index (κ1) is 13.0. The standard InChI is InChI=1S/C13H14FN3S/c14-11-3-1-2-4-12(11)18-9-13-16-8-6-10(17-13)5-7-15/h1-4,6,8H,5,7,9,15H2. The number of nitrogens with two attached hydrogens (primary N) is 1. The molecule has 18 heavy (non-hydrogen) atoms. The highest BCUT2D eigenvalue weighted by molar-refractivity contribution is 7.98. The lowest BCUT2D eigenvalue weighted by Gasteiger charge is -2.03. The minimum atomic E-state index is -0.208. The number of benzene rings is 1. The fourth-order valence-electron chi connectivity index (χ4n) is 1.50. The monoisotopic (exact) mass is 263 g/mol. The lowest BCUT2D eigenvalue weighted by atomic mass is 10.3. The van der Waals surface area contributed by atoms with Crippen LogP contribution in [-0.2, 0) is 12.2 Å². The van der Waals surface area contributed by atoms with Crippen LogP contribution in [0.4, 0.5) is 4.39 Å². The fourth-order valence-corrected chi connectivity index (χ4v) is 2.31. The number of halogens is 1. The molecule has 0 saturated carbocycles. The summed E-state index contributed by atoms with van der Waals surface area (Å²) in [6.45, 7) is 0.566. The van der Waals surface area contributed by atoms with E-state index in [1.807, 2.05) is 12.1 Å². The number of hydrogen-bond acceptors (Lipinski definition) is 4. The summed E-state index contributed by atoms with van der Waals surface area (Å²) in [5, 5.41) is 0. The summed E-state index contributed by atoms with van der Waals surface area (Å²) >= 11 is 1.40. The molecule has 0 aliphatic heterocycles. The first-order valence-corrected chi connectivity index (χ1v) is 6.66. The molecular formula is C13H14FN3S. The highest BCUT2D eigenvalue weighted by Gasteiger charge is 2.04. The van der Waals surface area contributed by atoms with Crippen LogP contribution in [0.25, 0.3) is 0 Å². The molecule has 0 aliphatic carbocycles. The third kappa shape index (κ3) is 3.51. The molecule has 1 heterocycles. The van der Waals surface area contributed by atoms with Crippen LogP contribution in [0.1, 0.15) is 11.5 Å². The molecule has 0 radical (unpaired) electrons. The molecule has 0 amide bonds. The second-order valence-corrected chi connectivity index (χ2v) is 4.74. The Kier molecular flexibility index (Phi) is 4.66. The lowest BCUT2D eigenvalue weighted by molar-refractivity contribution is 0.602. The topological polar surface area (TPSA) is 51.8 Å². The van der Waals surface area contributed by atoms with Crippen molar-refractivity contribution in [1.29, 1.82) is 0 Å². The summed E-state index contributed by atoms with van der Waals surface area (Å²) < 4.78 is 13.4. The molecule has 1 aromatic carbocycles. The van der Waals surface area contributed by atoms with Gasteiger partial charge in [-0.1, -0.05) is 12.1 Å². The maximum absolute atomic E-state index is 13.4. The molecule has 0 saturated heterocycles. The van der Waals surface area contributed by atoms with Gasteiger partial charge in [-0.15, -0.1) is 11.8 Å². The average Bonchev–Trinajstić information content (AvgIpc) is 2.39. The molecule has 1 aromatic heterocycles. The first-order chi connectivity index (χ1) is 8.79. The number of aromatic nitrogens is 2. The second kappa shape index (κ2) is 6.47. The van der Waals surface area contributed by atoms with Gasteiger partial charge in [0.05, 0.1) is 5.75 Å². The summed E-state index contributed by atoms with van der Waals surface area (Å²) in [7, 11) is 0. The van der Waals surface area contributed by atoms with E-state index < -0.39 is 0 Å². The Hall–Kier alpha value is -1.46. The van der Waals surface area contributed by atoms with Crippen molar-refractivity contribution in [3.63, 3.8) is 0 Å². The predicted octanol–water partition coefficient (Wildman–Crippen LogP) is 2.41. The van der Waals surface area contributed by atoms with Gasteiger partial charge in [0.2, 0.25) is 0 Å². The van der Waals surface area contributed by atoms with Crippen molar-refractivity contribution in [3.05, 3.63) is 53.9 Å². The molecule has 2 rings (SSSR count). The molecule has 2 aromatic rings. The van der Waals surface area contributed by atoms with Crippen LogP contribution in [0.5, 0.6) is 0 Å². The third-order valence-corrected chi connectivity index (χ3v) is 3.40. The highest BCUT2D eigenvalue weighted by Crippen LogP contribution is 2.23. The molecule has 0 unspecified atom stereocenters. The van der Waals surface area contributed by atoms with Crippen molar-refractivity contribution >= 4 is 11.8 Å².